The van der Waals surface area contributed by atoms with Crippen molar-refractivity contribution in [3.8, 4) is 0 Å². The van der Waals surface area contributed by atoms with Gasteiger partial charge in [-0.1, -0.05) is 0 Å². The van der Waals surface area contributed by atoms with Gasteiger partial charge in [-0.05, 0) is 52.7 Å². The van der Waals surface area contributed by atoms with Crippen LogP contribution in [-0.4, -0.2) is 11.1 Å². The van der Waals surface area contributed by atoms with Crippen LogP contribution in [0.4, 0.5) is 24.5 Å². The van der Waals surface area contributed by atoms with Gasteiger partial charge < -0.3 is 10.4 Å². The fraction of sp³-hybridized carbons (Fsp3) is 0.0714. The zero-order valence-corrected chi connectivity index (χ0v) is 12.3. The van der Waals surface area contributed by atoms with Crippen LogP contribution in [-0.2, 0) is 0 Å². The predicted molar refractivity (Wildman–Crippen MR) is 75.4 cm³/mol. The first-order chi connectivity index (χ1) is 9.79. The van der Waals surface area contributed by atoms with Crippen molar-refractivity contribution in [3.63, 3.8) is 0 Å². The van der Waals surface area contributed by atoms with Gasteiger partial charge in [-0.15, -0.1) is 0 Å². The summed E-state index contributed by atoms with van der Waals surface area (Å²) in [7, 11) is 0. The summed E-state index contributed by atoms with van der Waals surface area (Å²) < 4.78 is 41.3. The molecule has 0 fully saturated rings. The Kier molecular flexibility index (Phi) is 4.22. The van der Waals surface area contributed by atoms with E-state index in [1.54, 1.807) is 6.92 Å². The Hall–Kier alpha value is -2.02. The minimum Gasteiger partial charge on any atom is -0.478 e. The van der Waals surface area contributed by atoms with E-state index < -0.39 is 34.7 Å². The topological polar surface area (TPSA) is 49.3 Å². The van der Waals surface area contributed by atoms with Crippen molar-refractivity contribution < 1.29 is 23.1 Å². The van der Waals surface area contributed by atoms with Gasteiger partial charge in [0.15, 0.2) is 11.6 Å². The number of hydrogen-bond donors (Lipinski definition) is 2. The van der Waals surface area contributed by atoms with Crippen molar-refractivity contribution in [2.75, 3.05) is 5.32 Å². The molecular formula is C14H9BrF3NO2. The molecule has 0 unspecified atom stereocenters. The first kappa shape index (κ1) is 15.4. The molecule has 0 aromatic heterocycles. The number of carbonyl (C=O) groups is 1. The number of carboxylic acid groups (broad SMARTS) is 1. The highest BCUT2D eigenvalue weighted by molar-refractivity contribution is 9.10. The van der Waals surface area contributed by atoms with Crippen LogP contribution in [0.2, 0.25) is 0 Å². The second-order valence-corrected chi connectivity index (χ2v) is 5.18. The van der Waals surface area contributed by atoms with E-state index in [2.05, 4.69) is 21.2 Å². The highest BCUT2D eigenvalue weighted by Gasteiger charge is 2.16. The van der Waals surface area contributed by atoms with E-state index in [0.29, 0.717) is 17.7 Å². The van der Waals surface area contributed by atoms with E-state index in [1.807, 2.05) is 0 Å². The third kappa shape index (κ3) is 3.18. The van der Waals surface area contributed by atoms with Gasteiger partial charge in [0.2, 0.25) is 0 Å². The van der Waals surface area contributed by atoms with Gasteiger partial charge >= 0.3 is 5.97 Å². The van der Waals surface area contributed by atoms with Crippen LogP contribution >= 0.6 is 15.9 Å². The van der Waals surface area contributed by atoms with Gasteiger partial charge in [-0.3, -0.25) is 0 Å². The zero-order chi connectivity index (χ0) is 15.7. The van der Waals surface area contributed by atoms with Crippen molar-refractivity contribution in [1.82, 2.24) is 0 Å². The summed E-state index contributed by atoms with van der Waals surface area (Å²) in [5.74, 6) is -4.18. The Morgan fingerprint density at radius 1 is 1.10 bits per heavy atom. The molecule has 2 aromatic rings. The summed E-state index contributed by atoms with van der Waals surface area (Å²) in [6, 6.07) is 3.93. The molecule has 0 bridgehead atoms. The molecule has 3 nitrogen and oxygen atoms in total. The number of aryl methyl sites for hydroxylation is 1. The first-order valence-electron chi connectivity index (χ1n) is 5.74. The Balaban J connectivity index is 2.45. The monoisotopic (exact) mass is 359 g/mol. The molecule has 0 heterocycles. The number of anilines is 2. The molecule has 0 aliphatic heterocycles. The summed E-state index contributed by atoms with van der Waals surface area (Å²) in [4.78, 5) is 10.7. The maximum Gasteiger partial charge on any atom is 0.335 e. The van der Waals surface area contributed by atoms with E-state index in [9.17, 15) is 18.0 Å². The lowest BCUT2D eigenvalue weighted by molar-refractivity contribution is 0.0696. The molecule has 0 spiro atoms. The van der Waals surface area contributed by atoms with Gasteiger partial charge in [0.25, 0.3) is 0 Å². The van der Waals surface area contributed by atoms with E-state index in [4.69, 9.17) is 5.11 Å². The Morgan fingerprint density at radius 2 is 1.67 bits per heavy atom. The van der Waals surface area contributed by atoms with Crippen molar-refractivity contribution in [2.24, 2.45) is 0 Å². The van der Waals surface area contributed by atoms with Crippen LogP contribution in [0.15, 0.2) is 28.7 Å². The van der Waals surface area contributed by atoms with Gasteiger partial charge in [0.1, 0.15) is 11.5 Å². The third-order valence-electron chi connectivity index (χ3n) is 2.82. The van der Waals surface area contributed by atoms with Crippen molar-refractivity contribution in [1.29, 1.82) is 0 Å². The second kappa shape index (κ2) is 5.77. The molecule has 0 amide bonds. The van der Waals surface area contributed by atoms with E-state index in [-0.39, 0.29) is 10.2 Å². The molecule has 21 heavy (non-hydrogen) atoms. The minimum absolute atomic E-state index is 0.177. The number of benzene rings is 2. The van der Waals surface area contributed by atoms with Crippen LogP contribution in [0.25, 0.3) is 0 Å². The molecule has 0 aliphatic rings. The van der Waals surface area contributed by atoms with Crippen LogP contribution in [0.5, 0.6) is 0 Å². The van der Waals surface area contributed by atoms with Crippen LogP contribution in [0.1, 0.15) is 15.9 Å². The van der Waals surface area contributed by atoms with E-state index in [1.165, 1.54) is 6.07 Å². The predicted octanol–water partition coefficient (Wildman–Crippen LogP) is 4.62. The number of carboxylic acids is 1. The maximum absolute atomic E-state index is 13.8. The number of aromatic carboxylic acids is 1. The largest absolute Gasteiger partial charge is 0.478 e. The van der Waals surface area contributed by atoms with Gasteiger partial charge in [-0.25, -0.2) is 18.0 Å². The number of rotatable bonds is 3. The number of hydrogen-bond acceptors (Lipinski definition) is 2. The first-order valence-corrected chi connectivity index (χ1v) is 6.54. The van der Waals surface area contributed by atoms with Gasteiger partial charge in [0, 0.05) is 5.69 Å². The highest BCUT2D eigenvalue weighted by Crippen LogP contribution is 2.29. The van der Waals surface area contributed by atoms with Crippen LogP contribution in [0.3, 0.4) is 0 Å². The molecule has 0 saturated heterocycles. The molecule has 110 valence electrons. The Bertz CT molecular complexity index is 711. The molecule has 2 aromatic carbocycles. The Morgan fingerprint density at radius 3 is 2.19 bits per heavy atom. The normalized spacial score (nSPS) is 10.5. The molecule has 0 radical (unpaired) electrons. The average Bonchev–Trinajstić information content (AvgIpc) is 2.39. The van der Waals surface area contributed by atoms with Gasteiger partial charge in [0.05, 0.1) is 10.0 Å². The van der Waals surface area contributed by atoms with Crippen molar-refractivity contribution in [3.05, 3.63) is 57.3 Å². The molecule has 0 aliphatic carbocycles. The third-order valence-corrected chi connectivity index (χ3v) is 3.42. The number of nitrogens with one attached hydrogen (secondary N) is 1. The SMILES string of the molecule is Cc1cc(Br)c(F)cc1Nc1c(F)cc(C(=O)O)cc1F. The lowest BCUT2D eigenvalue weighted by atomic mass is 10.1. The number of halogens is 4. The molecule has 0 saturated carbocycles. The summed E-state index contributed by atoms with van der Waals surface area (Å²) in [6.45, 7) is 1.63. The summed E-state index contributed by atoms with van der Waals surface area (Å²) in [5.41, 5.74) is -0.306. The fourth-order valence-corrected chi connectivity index (χ4v) is 2.19. The summed E-state index contributed by atoms with van der Waals surface area (Å²) in [5, 5.41) is 11.2. The molecule has 0 atom stereocenters. The zero-order valence-electron chi connectivity index (χ0n) is 10.7. The highest BCUT2D eigenvalue weighted by atomic mass is 79.9. The summed E-state index contributed by atoms with van der Waals surface area (Å²) in [6.07, 6.45) is 0. The second-order valence-electron chi connectivity index (χ2n) is 4.33. The van der Waals surface area contributed by atoms with Gasteiger partial charge in [-0.2, -0.15) is 0 Å². The minimum atomic E-state index is -1.44. The van der Waals surface area contributed by atoms with Crippen LogP contribution in [0, 0.1) is 24.4 Å². The quantitative estimate of drug-likeness (QED) is 0.840. The van der Waals surface area contributed by atoms with Crippen molar-refractivity contribution in [2.45, 2.75) is 6.92 Å². The fourth-order valence-electron chi connectivity index (χ4n) is 1.73. The standard InChI is InChI=1S/C14H9BrF3NO2/c1-6-2-8(15)9(16)5-12(6)19-13-10(17)3-7(14(20)21)4-11(13)18/h2-5,19H,1H3,(H,20,21). The molecular weight excluding hydrogens is 351 g/mol. The van der Waals surface area contributed by atoms with E-state index in [0.717, 1.165) is 6.07 Å². The molecule has 2 rings (SSSR count). The molecule has 2 N–H and O–H groups in total. The average molecular weight is 360 g/mol. The lowest BCUT2D eigenvalue weighted by Gasteiger charge is -2.12. The summed E-state index contributed by atoms with van der Waals surface area (Å²) >= 11 is 3.00. The smallest absolute Gasteiger partial charge is 0.335 e. The maximum atomic E-state index is 13.8. The lowest BCUT2D eigenvalue weighted by Crippen LogP contribution is -2.04. The van der Waals surface area contributed by atoms with Crippen LogP contribution < -0.4 is 5.32 Å². The van der Waals surface area contributed by atoms with Crippen molar-refractivity contribution >= 4 is 33.3 Å². The Labute approximate surface area is 126 Å². The molecule has 7 heteroatoms. The van der Waals surface area contributed by atoms with E-state index >= 15 is 0 Å².